The minimum absolute atomic E-state index is 0.0381. The van der Waals surface area contributed by atoms with E-state index < -0.39 is 5.82 Å². The second-order valence-corrected chi connectivity index (χ2v) is 8.98. The van der Waals surface area contributed by atoms with Crippen molar-refractivity contribution in [3.63, 3.8) is 0 Å². The van der Waals surface area contributed by atoms with Gasteiger partial charge in [-0.25, -0.2) is 8.78 Å². The van der Waals surface area contributed by atoms with Gasteiger partial charge in [0.1, 0.15) is 11.6 Å². The van der Waals surface area contributed by atoms with E-state index >= 15 is 0 Å². The number of carbonyl (C=O) groups is 1. The minimum Gasteiger partial charge on any atom is -0.326 e. The topological polar surface area (TPSA) is 42.0 Å². The largest absolute Gasteiger partial charge is 0.326 e. The molecule has 0 radical (unpaired) electrons. The van der Waals surface area contributed by atoms with E-state index in [9.17, 15) is 13.6 Å². The minimum atomic E-state index is -0.540. The number of amides is 1. The van der Waals surface area contributed by atoms with Crippen molar-refractivity contribution in [1.82, 2.24) is 4.98 Å². The highest BCUT2D eigenvalue weighted by Gasteiger charge is 2.58. The maximum atomic E-state index is 13.8. The molecule has 3 aromatic rings. The quantitative estimate of drug-likeness (QED) is 0.521. The summed E-state index contributed by atoms with van der Waals surface area (Å²) >= 11 is 5.71. The van der Waals surface area contributed by atoms with Gasteiger partial charge in [0.05, 0.1) is 10.5 Å². The van der Waals surface area contributed by atoms with Crippen LogP contribution in [0, 0.1) is 23.0 Å². The zero-order valence-corrected chi connectivity index (χ0v) is 17.1. The predicted octanol–water partition coefficient (Wildman–Crippen LogP) is 6.47. The Balaban J connectivity index is 1.26. The van der Waals surface area contributed by atoms with E-state index in [0.717, 1.165) is 48.6 Å². The zero-order chi connectivity index (χ0) is 20.9. The second-order valence-electron chi connectivity index (χ2n) is 8.57. The molecule has 0 aliphatic heterocycles. The Morgan fingerprint density at radius 1 is 1.10 bits per heavy atom. The number of rotatable bonds is 3. The van der Waals surface area contributed by atoms with Crippen LogP contribution in [0.5, 0.6) is 0 Å². The Hall–Kier alpha value is -2.53. The number of nitrogens with one attached hydrogen (secondary N) is 1. The third kappa shape index (κ3) is 3.45. The van der Waals surface area contributed by atoms with Crippen molar-refractivity contribution in [3.05, 3.63) is 70.9 Å². The van der Waals surface area contributed by atoms with E-state index in [1.54, 1.807) is 24.4 Å². The average Bonchev–Trinajstić information content (AvgIpc) is 3.44. The maximum Gasteiger partial charge on any atom is 0.228 e. The molecule has 1 heterocycles. The van der Waals surface area contributed by atoms with Crippen LogP contribution >= 0.6 is 11.6 Å². The molecule has 3 nitrogen and oxygen atoms in total. The number of anilines is 1. The monoisotopic (exact) mass is 426 g/mol. The lowest BCUT2D eigenvalue weighted by Gasteiger charge is -2.30. The average molecular weight is 427 g/mol. The Labute approximate surface area is 178 Å². The maximum absolute atomic E-state index is 13.8. The van der Waals surface area contributed by atoms with Gasteiger partial charge in [0.25, 0.3) is 0 Å². The van der Waals surface area contributed by atoms with Crippen molar-refractivity contribution in [2.24, 2.45) is 11.3 Å². The standard InChI is InChI=1S/C24H21ClF2N2O/c25-20-3-2-16(12-21(20)27)29-23(30)19-13-24(19)8-5-14(6-9-24)17-7-10-28-22-4-1-15(26)11-18(17)22/h1-4,7,10-12,14,19H,5-6,8-9,13H2,(H,29,30)/t14-,19-,24+/m1/s1. The lowest BCUT2D eigenvalue weighted by atomic mass is 9.75. The molecule has 0 unspecified atom stereocenters. The Morgan fingerprint density at radius 2 is 1.90 bits per heavy atom. The lowest BCUT2D eigenvalue weighted by molar-refractivity contribution is -0.118. The molecule has 2 saturated carbocycles. The highest BCUT2D eigenvalue weighted by Crippen LogP contribution is 2.63. The molecule has 1 N–H and O–H groups in total. The van der Waals surface area contributed by atoms with E-state index in [1.165, 1.54) is 18.2 Å². The van der Waals surface area contributed by atoms with E-state index in [1.807, 2.05) is 6.07 Å². The van der Waals surface area contributed by atoms with Crippen LogP contribution in [-0.4, -0.2) is 10.9 Å². The number of hydrogen-bond donors (Lipinski definition) is 1. The molecule has 5 rings (SSSR count). The molecule has 2 aromatic carbocycles. The Bertz CT molecular complexity index is 1140. The van der Waals surface area contributed by atoms with E-state index in [2.05, 4.69) is 10.3 Å². The predicted molar refractivity (Wildman–Crippen MR) is 113 cm³/mol. The Morgan fingerprint density at radius 3 is 2.67 bits per heavy atom. The summed E-state index contributed by atoms with van der Waals surface area (Å²) in [4.78, 5) is 17.0. The van der Waals surface area contributed by atoms with Crippen LogP contribution in [0.3, 0.4) is 0 Å². The molecule has 1 aromatic heterocycles. The fourth-order valence-electron chi connectivity index (χ4n) is 5.07. The molecule has 0 bridgehead atoms. The van der Waals surface area contributed by atoms with Crippen molar-refractivity contribution >= 4 is 34.1 Å². The second kappa shape index (κ2) is 7.31. The first-order chi connectivity index (χ1) is 14.4. The first kappa shape index (κ1) is 19.4. The highest BCUT2D eigenvalue weighted by molar-refractivity contribution is 6.30. The summed E-state index contributed by atoms with van der Waals surface area (Å²) in [5.41, 5.74) is 2.43. The van der Waals surface area contributed by atoms with E-state index in [-0.39, 0.29) is 28.1 Å². The first-order valence-electron chi connectivity index (χ1n) is 10.3. The molecule has 154 valence electrons. The smallest absolute Gasteiger partial charge is 0.228 e. The molecule has 1 atom stereocenters. The van der Waals surface area contributed by atoms with Gasteiger partial charge in [0, 0.05) is 23.2 Å². The van der Waals surface area contributed by atoms with Gasteiger partial charge in [-0.3, -0.25) is 9.78 Å². The number of nitrogens with zero attached hydrogens (tertiary/aromatic N) is 1. The fraction of sp³-hybridized carbons (Fsp3) is 0.333. The molecular formula is C24H21ClF2N2O. The molecule has 6 heteroatoms. The van der Waals surface area contributed by atoms with Gasteiger partial charge in [-0.05, 0) is 91.5 Å². The van der Waals surface area contributed by atoms with Crippen molar-refractivity contribution < 1.29 is 13.6 Å². The lowest BCUT2D eigenvalue weighted by Crippen LogP contribution is -2.22. The number of fused-ring (bicyclic) bond motifs is 1. The summed E-state index contributed by atoms with van der Waals surface area (Å²) in [6.45, 7) is 0. The van der Waals surface area contributed by atoms with Gasteiger partial charge in [-0.15, -0.1) is 0 Å². The molecule has 30 heavy (non-hydrogen) atoms. The SMILES string of the molecule is O=C(Nc1ccc(Cl)c(F)c1)[C@H]1C[C@]12CC[C@H](c1ccnc3ccc(F)cc31)CC2. The van der Waals surface area contributed by atoms with E-state index in [0.29, 0.717) is 11.6 Å². The molecule has 1 amide bonds. The molecule has 2 aliphatic carbocycles. The highest BCUT2D eigenvalue weighted by atomic mass is 35.5. The number of hydrogen-bond acceptors (Lipinski definition) is 2. The summed E-state index contributed by atoms with van der Waals surface area (Å²) in [5.74, 6) is -0.531. The molecule has 2 aliphatic rings. The van der Waals surface area contributed by atoms with Crippen molar-refractivity contribution in [2.75, 3.05) is 5.32 Å². The number of aromatic nitrogens is 1. The van der Waals surface area contributed by atoms with E-state index in [4.69, 9.17) is 11.6 Å². The van der Waals surface area contributed by atoms with Gasteiger partial charge in [0.15, 0.2) is 0 Å². The summed E-state index contributed by atoms with van der Waals surface area (Å²) < 4.78 is 27.4. The van der Waals surface area contributed by atoms with Crippen molar-refractivity contribution in [2.45, 2.75) is 38.0 Å². The van der Waals surface area contributed by atoms with Gasteiger partial charge in [-0.1, -0.05) is 11.6 Å². The van der Waals surface area contributed by atoms with Crippen LogP contribution in [0.1, 0.15) is 43.6 Å². The summed E-state index contributed by atoms with van der Waals surface area (Å²) in [5, 5.41) is 3.75. The normalized spacial score (nSPS) is 25.4. The van der Waals surface area contributed by atoms with Gasteiger partial charge in [-0.2, -0.15) is 0 Å². The van der Waals surface area contributed by atoms with Gasteiger partial charge in [0.2, 0.25) is 5.91 Å². The number of pyridine rings is 1. The third-order valence-corrected chi connectivity index (χ3v) is 7.16. The summed E-state index contributed by atoms with van der Waals surface area (Å²) in [6.07, 6.45) is 6.52. The van der Waals surface area contributed by atoms with Crippen LogP contribution in [0.4, 0.5) is 14.5 Å². The van der Waals surface area contributed by atoms with Crippen LogP contribution in [0.15, 0.2) is 48.7 Å². The summed E-state index contributed by atoms with van der Waals surface area (Å²) in [7, 11) is 0. The van der Waals surface area contributed by atoms with Gasteiger partial charge < -0.3 is 5.32 Å². The van der Waals surface area contributed by atoms with Crippen molar-refractivity contribution in [3.8, 4) is 0 Å². The molecular weight excluding hydrogens is 406 g/mol. The Kier molecular flexibility index (Phi) is 4.73. The van der Waals surface area contributed by atoms with Gasteiger partial charge >= 0.3 is 0 Å². The number of halogens is 3. The fourth-order valence-corrected chi connectivity index (χ4v) is 5.19. The number of carbonyl (C=O) groups excluding carboxylic acids is 1. The van der Waals surface area contributed by atoms with Crippen molar-refractivity contribution in [1.29, 1.82) is 0 Å². The van der Waals surface area contributed by atoms with Crippen LogP contribution in [0.2, 0.25) is 5.02 Å². The van der Waals surface area contributed by atoms with Crippen LogP contribution < -0.4 is 5.32 Å². The zero-order valence-electron chi connectivity index (χ0n) is 16.3. The number of benzene rings is 2. The molecule has 0 saturated heterocycles. The third-order valence-electron chi connectivity index (χ3n) is 6.85. The van der Waals surface area contributed by atoms with Crippen LogP contribution in [0.25, 0.3) is 10.9 Å². The molecule has 2 fully saturated rings. The summed E-state index contributed by atoms with van der Waals surface area (Å²) in [6, 6.07) is 11.0. The molecule has 1 spiro atoms. The van der Waals surface area contributed by atoms with Crippen LogP contribution in [-0.2, 0) is 4.79 Å². The first-order valence-corrected chi connectivity index (χ1v) is 10.6.